The smallest absolute Gasteiger partial charge is 0.119 e. The maximum atomic E-state index is 5.30. The van der Waals surface area contributed by atoms with Gasteiger partial charge < -0.3 is 10.1 Å². The van der Waals surface area contributed by atoms with Crippen molar-refractivity contribution >= 4 is 10.8 Å². The van der Waals surface area contributed by atoms with Gasteiger partial charge in [-0.05, 0) is 72.4 Å². The number of likely N-dealkylation sites (tertiary alicyclic amines) is 1. The first-order valence-corrected chi connectivity index (χ1v) is 8.31. The van der Waals surface area contributed by atoms with E-state index < -0.39 is 0 Å². The number of rotatable bonds is 3. The lowest BCUT2D eigenvalue weighted by Gasteiger charge is -2.34. The van der Waals surface area contributed by atoms with Gasteiger partial charge in [0.15, 0.2) is 0 Å². The van der Waals surface area contributed by atoms with E-state index in [1.54, 1.807) is 7.11 Å². The average molecular weight is 296 g/mol. The van der Waals surface area contributed by atoms with Crippen LogP contribution >= 0.6 is 0 Å². The van der Waals surface area contributed by atoms with E-state index >= 15 is 0 Å². The molecule has 3 nitrogen and oxygen atoms in total. The lowest BCUT2D eigenvalue weighted by Crippen LogP contribution is -2.39. The molecule has 1 N–H and O–H groups in total. The highest BCUT2D eigenvalue weighted by Gasteiger charge is 2.32. The standard InChI is InChI=1S/C19H24N2O/c1-22-19-5-4-15-8-14(2-3-16(15)9-19)12-21-7-6-17-10-20-11-18(17)13-21/h2-5,8-9,17-18,20H,6-7,10-13H2,1H3. The van der Waals surface area contributed by atoms with Crippen LogP contribution in [0, 0.1) is 11.8 Å². The average Bonchev–Trinajstić information content (AvgIpc) is 3.02. The molecular weight excluding hydrogens is 272 g/mol. The Morgan fingerprint density at radius 1 is 1.09 bits per heavy atom. The molecule has 0 saturated carbocycles. The Hall–Kier alpha value is -1.58. The first-order valence-electron chi connectivity index (χ1n) is 8.31. The summed E-state index contributed by atoms with van der Waals surface area (Å²) in [5.74, 6) is 2.70. The van der Waals surface area contributed by atoms with Gasteiger partial charge in [0.05, 0.1) is 7.11 Å². The summed E-state index contributed by atoms with van der Waals surface area (Å²) in [6, 6.07) is 13.1. The molecule has 2 unspecified atom stereocenters. The van der Waals surface area contributed by atoms with E-state index in [4.69, 9.17) is 4.74 Å². The maximum absolute atomic E-state index is 5.30. The van der Waals surface area contributed by atoms with E-state index in [0.29, 0.717) is 0 Å². The molecule has 2 aromatic rings. The van der Waals surface area contributed by atoms with Crippen molar-refractivity contribution in [2.75, 3.05) is 33.3 Å². The lowest BCUT2D eigenvalue weighted by molar-refractivity contribution is 0.142. The fourth-order valence-electron chi connectivity index (χ4n) is 4.01. The van der Waals surface area contributed by atoms with Crippen molar-refractivity contribution < 1.29 is 4.74 Å². The zero-order valence-electron chi connectivity index (χ0n) is 13.2. The highest BCUT2D eigenvalue weighted by molar-refractivity contribution is 5.84. The van der Waals surface area contributed by atoms with Crippen LogP contribution in [0.15, 0.2) is 36.4 Å². The molecule has 0 aromatic heterocycles. The predicted octanol–water partition coefficient (Wildman–Crippen LogP) is 2.89. The summed E-state index contributed by atoms with van der Waals surface area (Å²) in [5.41, 5.74) is 1.42. The van der Waals surface area contributed by atoms with Crippen molar-refractivity contribution in [2.45, 2.75) is 13.0 Å². The Kier molecular flexibility index (Phi) is 3.77. The van der Waals surface area contributed by atoms with Gasteiger partial charge in [-0.1, -0.05) is 18.2 Å². The number of nitrogens with zero attached hydrogens (tertiary/aromatic N) is 1. The zero-order valence-corrected chi connectivity index (χ0v) is 13.2. The Morgan fingerprint density at radius 3 is 2.82 bits per heavy atom. The van der Waals surface area contributed by atoms with Crippen LogP contribution in [0.5, 0.6) is 5.75 Å². The molecule has 2 aliphatic heterocycles. The fourth-order valence-corrected chi connectivity index (χ4v) is 4.01. The SMILES string of the molecule is COc1ccc2cc(CN3CCC4CNCC4C3)ccc2c1. The van der Waals surface area contributed by atoms with Crippen molar-refractivity contribution in [2.24, 2.45) is 11.8 Å². The van der Waals surface area contributed by atoms with Crippen molar-refractivity contribution in [3.63, 3.8) is 0 Å². The Bertz CT molecular complexity index is 670. The minimum absolute atomic E-state index is 0.860. The van der Waals surface area contributed by atoms with Gasteiger partial charge in [0.1, 0.15) is 5.75 Å². The van der Waals surface area contributed by atoms with Crippen LogP contribution in [0.1, 0.15) is 12.0 Å². The molecule has 0 bridgehead atoms. The number of hydrogen-bond donors (Lipinski definition) is 1. The van der Waals surface area contributed by atoms with Crippen LogP contribution < -0.4 is 10.1 Å². The molecular formula is C19H24N2O. The molecule has 0 radical (unpaired) electrons. The van der Waals surface area contributed by atoms with Gasteiger partial charge >= 0.3 is 0 Å². The molecule has 0 spiro atoms. The molecule has 2 heterocycles. The summed E-state index contributed by atoms with van der Waals surface area (Å²) < 4.78 is 5.30. The van der Waals surface area contributed by atoms with Crippen LogP contribution in [0.2, 0.25) is 0 Å². The third kappa shape index (κ3) is 2.71. The van der Waals surface area contributed by atoms with Crippen LogP contribution in [-0.4, -0.2) is 38.2 Å². The number of hydrogen-bond acceptors (Lipinski definition) is 3. The largest absolute Gasteiger partial charge is 0.497 e. The van der Waals surface area contributed by atoms with Crippen molar-refractivity contribution in [3.05, 3.63) is 42.0 Å². The highest BCUT2D eigenvalue weighted by atomic mass is 16.5. The number of ether oxygens (including phenoxy) is 1. The minimum atomic E-state index is 0.860. The maximum Gasteiger partial charge on any atom is 0.119 e. The molecule has 116 valence electrons. The molecule has 2 fully saturated rings. The van der Waals surface area contributed by atoms with Gasteiger partial charge in [0, 0.05) is 13.1 Å². The first kappa shape index (κ1) is 14.0. The predicted molar refractivity (Wildman–Crippen MR) is 90.2 cm³/mol. The molecule has 2 saturated heterocycles. The summed E-state index contributed by atoms with van der Waals surface area (Å²) >= 11 is 0. The second-order valence-corrected chi connectivity index (χ2v) is 6.75. The topological polar surface area (TPSA) is 24.5 Å². The van der Waals surface area contributed by atoms with Gasteiger partial charge in [0.25, 0.3) is 0 Å². The Morgan fingerprint density at radius 2 is 1.91 bits per heavy atom. The third-order valence-electron chi connectivity index (χ3n) is 5.31. The van der Waals surface area contributed by atoms with Gasteiger partial charge in [-0.25, -0.2) is 0 Å². The van der Waals surface area contributed by atoms with E-state index in [0.717, 1.165) is 24.1 Å². The number of methoxy groups -OCH3 is 1. The van der Waals surface area contributed by atoms with Crippen molar-refractivity contribution in [1.82, 2.24) is 10.2 Å². The Labute approximate surface area is 132 Å². The van der Waals surface area contributed by atoms with E-state index in [-0.39, 0.29) is 0 Å². The Balaban J connectivity index is 1.49. The van der Waals surface area contributed by atoms with Crippen LogP contribution in [0.3, 0.4) is 0 Å². The first-order chi connectivity index (χ1) is 10.8. The monoisotopic (exact) mass is 296 g/mol. The summed E-state index contributed by atoms with van der Waals surface area (Å²) in [6.45, 7) is 6.00. The van der Waals surface area contributed by atoms with Crippen molar-refractivity contribution in [3.8, 4) is 5.75 Å². The molecule has 2 aromatic carbocycles. The molecule has 2 aliphatic rings. The van der Waals surface area contributed by atoms with Crippen LogP contribution in [-0.2, 0) is 6.54 Å². The van der Waals surface area contributed by atoms with E-state index in [1.807, 2.05) is 6.07 Å². The van der Waals surface area contributed by atoms with Gasteiger partial charge in [-0.2, -0.15) is 0 Å². The molecule has 0 aliphatic carbocycles. The highest BCUT2D eigenvalue weighted by Crippen LogP contribution is 2.28. The third-order valence-corrected chi connectivity index (χ3v) is 5.31. The van der Waals surface area contributed by atoms with Gasteiger partial charge in [-0.3, -0.25) is 4.90 Å². The number of piperidine rings is 1. The normalized spacial score (nSPS) is 25.3. The van der Waals surface area contributed by atoms with E-state index in [9.17, 15) is 0 Å². The molecule has 0 amide bonds. The summed E-state index contributed by atoms with van der Waals surface area (Å²) in [6.07, 6.45) is 1.35. The summed E-state index contributed by atoms with van der Waals surface area (Å²) in [4.78, 5) is 2.62. The zero-order chi connectivity index (χ0) is 14.9. The van der Waals surface area contributed by atoms with Crippen LogP contribution in [0.25, 0.3) is 10.8 Å². The van der Waals surface area contributed by atoms with Gasteiger partial charge in [-0.15, -0.1) is 0 Å². The second kappa shape index (κ2) is 5.90. The van der Waals surface area contributed by atoms with Crippen molar-refractivity contribution in [1.29, 1.82) is 0 Å². The van der Waals surface area contributed by atoms with E-state index in [1.165, 1.54) is 48.9 Å². The fraction of sp³-hybridized carbons (Fsp3) is 0.474. The molecule has 22 heavy (non-hydrogen) atoms. The van der Waals surface area contributed by atoms with Gasteiger partial charge in [0.2, 0.25) is 0 Å². The molecule has 3 heteroatoms. The minimum Gasteiger partial charge on any atom is -0.497 e. The summed E-state index contributed by atoms with van der Waals surface area (Å²) in [5, 5.41) is 6.10. The second-order valence-electron chi connectivity index (χ2n) is 6.75. The molecule has 2 atom stereocenters. The van der Waals surface area contributed by atoms with E-state index in [2.05, 4.69) is 40.5 Å². The molecule has 4 rings (SSSR count). The number of fused-ring (bicyclic) bond motifs is 2. The summed E-state index contributed by atoms with van der Waals surface area (Å²) in [7, 11) is 1.72. The number of benzene rings is 2. The number of nitrogens with one attached hydrogen (secondary N) is 1. The lowest BCUT2D eigenvalue weighted by atomic mass is 9.88. The van der Waals surface area contributed by atoms with Crippen LogP contribution in [0.4, 0.5) is 0 Å². The quantitative estimate of drug-likeness (QED) is 0.942.